The molecule has 4 fully saturated rings. The van der Waals surface area contributed by atoms with Gasteiger partial charge in [0.05, 0.1) is 12.1 Å². The molecule has 0 aliphatic carbocycles. The van der Waals surface area contributed by atoms with Crippen molar-refractivity contribution in [2.75, 3.05) is 39.3 Å². The average molecular weight is 955 g/mol. The van der Waals surface area contributed by atoms with Crippen LogP contribution in [0.2, 0.25) is 0 Å². The molecule has 4 aliphatic rings. The number of carboxylic acids is 1. The van der Waals surface area contributed by atoms with Crippen LogP contribution in [0.1, 0.15) is 77.8 Å². The van der Waals surface area contributed by atoms with E-state index in [-0.39, 0.29) is 84.9 Å². The lowest BCUT2D eigenvalue weighted by atomic mass is 10.0. The third-order valence-electron chi connectivity index (χ3n) is 11.6. The van der Waals surface area contributed by atoms with Gasteiger partial charge in [0.15, 0.2) is 23.3 Å². The number of carbonyl (C=O) groups is 6. The number of nitrogens with zero attached hydrogens (tertiary/aromatic N) is 3. The number of ether oxygens (including phenoxy) is 2. The highest BCUT2D eigenvalue weighted by Gasteiger charge is 2.45. The molecule has 6 rings (SSSR count). The van der Waals surface area contributed by atoms with E-state index in [1.54, 1.807) is 30.6 Å². The molecule has 0 spiro atoms. The van der Waals surface area contributed by atoms with E-state index in [2.05, 4.69) is 15.4 Å². The maximum Gasteiger partial charge on any atom is 0.407 e. The highest BCUT2D eigenvalue weighted by Crippen LogP contribution is 2.33. The molecule has 0 radical (unpaired) electrons. The second-order valence-corrected chi connectivity index (χ2v) is 18.5. The van der Waals surface area contributed by atoms with Crippen molar-refractivity contribution in [2.24, 2.45) is 23.5 Å². The number of carboxylic acid groups (broad SMARTS) is 1. The first-order valence-electron chi connectivity index (χ1n) is 22.0. The molecule has 0 unspecified atom stereocenters. The maximum absolute atomic E-state index is 14.2. The maximum atomic E-state index is 14.2. The van der Waals surface area contributed by atoms with Gasteiger partial charge in [0.2, 0.25) is 17.7 Å². The minimum Gasteiger partial charge on any atom is -0.478 e. The summed E-state index contributed by atoms with van der Waals surface area (Å²) >= 11 is 0. The van der Waals surface area contributed by atoms with E-state index in [1.807, 2.05) is 18.7 Å². The predicted octanol–water partition coefficient (Wildman–Crippen LogP) is 4.98. The number of carbonyl (C=O) groups excluding carboxylic acids is 5. The summed E-state index contributed by atoms with van der Waals surface area (Å²) in [6.45, 7) is 13.3. The summed E-state index contributed by atoms with van der Waals surface area (Å²) in [4.78, 5) is 74.6. The number of halogens is 6. The number of alkyl carbamates (subject to hydrolysis) is 1. The van der Waals surface area contributed by atoms with E-state index in [4.69, 9.17) is 15.6 Å². The van der Waals surface area contributed by atoms with Crippen molar-refractivity contribution in [3.05, 3.63) is 82.6 Å². The van der Waals surface area contributed by atoms with Gasteiger partial charge in [-0.25, -0.2) is 35.9 Å². The third-order valence-corrected chi connectivity index (χ3v) is 11.6. The van der Waals surface area contributed by atoms with Crippen LogP contribution < -0.4 is 16.4 Å². The Labute approximate surface area is 385 Å². The highest BCUT2D eigenvalue weighted by atomic mass is 19.2. The minimum atomic E-state index is -1.29. The Morgan fingerprint density at radius 3 is 1.90 bits per heavy atom. The Balaban J connectivity index is 0.000000252. The fraction of sp³-hybridized carbons (Fsp3) is 0.565. The molecule has 0 saturated carbocycles. The predicted molar refractivity (Wildman–Crippen MR) is 230 cm³/mol. The van der Waals surface area contributed by atoms with Gasteiger partial charge in [0.1, 0.15) is 23.5 Å². The van der Waals surface area contributed by atoms with Gasteiger partial charge < -0.3 is 45.6 Å². The molecule has 370 valence electrons. The molecule has 4 saturated heterocycles. The highest BCUT2D eigenvalue weighted by molar-refractivity contribution is 5.80. The van der Waals surface area contributed by atoms with Crippen LogP contribution >= 0.6 is 0 Å². The number of nitrogens with two attached hydrogens (primary N) is 1. The zero-order valence-corrected chi connectivity index (χ0v) is 38.2. The van der Waals surface area contributed by atoms with E-state index in [0.717, 1.165) is 44.3 Å². The quantitative estimate of drug-likeness (QED) is 0.0655. The lowest BCUT2D eigenvalue weighted by Crippen LogP contribution is -2.46. The topological polar surface area (TPSA) is 201 Å². The van der Waals surface area contributed by atoms with Crippen molar-refractivity contribution in [1.29, 1.82) is 0 Å². The standard InChI is InChI=1S/C21H28F3N3O3.C21H28F3N3O2.C4H4O4/c1-21(2,3)30-20(29)26-14(6-13-7-16(23)17(24)9-15(13)22)8-19(28)27-5-4-12-10-25-11-18(12)27;1-12(2)5-20(28)26-10-13-3-4-27(19(13)11-26)21(29)8-15(25)6-14-7-17(23)18(24)9-16(14)22;5-3-8-2-1-4(6)7/h7,9,12,14,18,25H,4-6,8,10-11H2,1-3H3,(H,26,29);7,9,12-13,15,19H,3-6,8,10-11,25H2,1-2H3;1-3H,(H,6,7)/b;;2-1+/t12-,14+,18+;13-,15+,19+;/m00./s1. The van der Waals surface area contributed by atoms with Crippen LogP contribution in [0.3, 0.4) is 0 Å². The Bertz CT molecular complexity index is 2120. The smallest absolute Gasteiger partial charge is 0.407 e. The summed E-state index contributed by atoms with van der Waals surface area (Å²) < 4.78 is 90.4. The van der Waals surface area contributed by atoms with Crippen molar-refractivity contribution < 1.29 is 69.7 Å². The second kappa shape index (κ2) is 24.4. The fourth-order valence-electron chi connectivity index (χ4n) is 8.62. The normalized spacial score (nSPS) is 20.6. The first-order valence-corrected chi connectivity index (χ1v) is 22.0. The summed E-state index contributed by atoms with van der Waals surface area (Å²) in [6, 6.07) is 1.06. The van der Waals surface area contributed by atoms with Crippen LogP contribution in [0.25, 0.3) is 0 Å². The number of benzene rings is 2. The Hall–Kier alpha value is -5.70. The molecule has 4 aliphatic heterocycles. The van der Waals surface area contributed by atoms with E-state index >= 15 is 0 Å². The van der Waals surface area contributed by atoms with Crippen LogP contribution in [0, 0.1) is 52.7 Å². The number of amides is 4. The molecule has 0 bridgehead atoms. The minimum absolute atomic E-state index is 0.00851. The second-order valence-electron chi connectivity index (χ2n) is 18.5. The molecule has 67 heavy (non-hydrogen) atoms. The number of hydrogen-bond acceptors (Lipinski definition) is 10. The summed E-state index contributed by atoms with van der Waals surface area (Å²) in [5.74, 6) is -7.05. The number of hydrogen-bond donors (Lipinski definition) is 4. The molecular weight excluding hydrogens is 895 g/mol. The Morgan fingerprint density at radius 1 is 0.776 bits per heavy atom. The lowest BCUT2D eigenvalue weighted by Gasteiger charge is -2.27. The molecule has 0 aromatic heterocycles. The van der Waals surface area contributed by atoms with Crippen molar-refractivity contribution in [3.8, 4) is 0 Å². The number of aliphatic carboxylic acids is 1. The summed E-state index contributed by atoms with van der Waals surface area (Å²) in [6.07, 6.45) is 2.65. The Kier molecular flexibility index (Phi) is 19.6. The van der Waals surface area contributed by atoms with Crippen LogP contribution in [-0.2, 0) is 46.3 Å². The zero-order chi connectivity index (χ0) is 49.7. The number of fused-ring (bicyclic) bond motifs is 2. The van der Waals surface area contributed by atoms with Crippen LogP contribution in [0.5, 0.6) is 0 Å². The van der Waals surface area contributed by atoms with Gasteiger partial charge >= 0.3 is 12.1 Å². The van der Waals surface area contributed by atoms with E-state index < -0.39 is 64.7 Å². The molecule has 21 heteroatoms. The molecule has 4 amide bonds. The zero-order valence-electron chi connectivity index (χ0n) is 38.2. The summed E-state index contributed by atoms with van der Waals surface area (Å²) in [5.41, 5.74) is 5.08. The average Bonchev–Trinajstić information content (AvgIpc) is 4.02. The van der Waals surface area contributed by atoms with E-state index in [0.29, 0.717) is 56.7 Å². The Morgan fingerprint density at radius 2 is 1.33 bits per heavy atom. The monoisotopic (exact) mass is 954 g/mol. The lowest BCUT2D eigenvalue weighted by molar-refractivity contribution is -0.135. The molecule has 6 atom stereocenters. The number of likely N-dealkylation sites (tertiary alicyclic amines) is 3. The number of nitrogens with one attached hydrogen (secondary N) is 2. The van der Waals surface area contributed by atoms with Gasteiger partial charge in [0.25, 0.3) is 6.47 Å². The SMILES string of the molecule is CC(C)(C)OC(=O)N[C@@H](CC(=O)N1CC[C@H]2CNC[C@H]21)Cc1cc(F)c(F)cc1F.CC(C)CC(=O)N1C[C@@H]2CCN(C(=O)C[C@H](N)Cc3cc(F)c(F)cc3F)[C@@H]2C1.O=CO/C=C/C(=O)O. The molecule has 2 aromatic carbocycles. The number of rotatable bonds is 14. The van der Waals surface area contributed by atoms with Crippen molar-refractivity contribution in [2.45, 2.75) is 109 Å². The van der Waals surface area contributed by atoms with Gasteiger partial charge in [-0.15, -0.1) is 0 Å². The van der Waals surface area contributed by atoms with E-state index in [9.17, 15) is 55.1 Å². The van der Waals surface area contributed by atoms with Crippen LogP contribution in [0.4, 0.5) is 31.1 Å². The van der Waals surface area contributed by atoms with Crippen LogP contribution in [-0.4, -0.2) is 125 Å². The first kappa shape index (κ1) is 53.9. The molecular formula is C46H60F6N6O9. The molecule has 5 N–H and O–H groups in total. The van der Waals surface area contributed by atoms with Gasteiger partial charge in [0, 0.05) is 94.7 Å². The van der Waals surface area contributed by atoms with Crippen molar-refractivity contribution in [3.63, 3.8) is 0 Å². The summed E-state index contributed by atoms with van der Waals surface area (Å²) in [7, 11) is 0. The van der Waals surface area contributed by atoms with Crippen molar-refractivity contribution in [1.82, 2.24) is 25.3 Å². The van der Waals surface area contributed by atoms with Gasteiger partial charge in [-0.2, -0.15) is 0 Å². The van der Waals surface area contributed by atoms with Gasteiger partial charge in [-0.05, 0) is 81.5 Å². The molecule has 15 nitrogen and oxygen atoms in total. The van der Waals surface area contributed by atoms with E-state index in [1.165, 1.54) is 0 Å². The van der Waals surface area contributed by atoms with Gasteiger partial charge in [-0.3, -0.25) is 19.2 Å². The van der Waals surface area contributed by atoms with Gasteiger partial charge in [-0.1, -0.05) is 13.8 Å². The van der Waals surface area contributed by atoms with Crippen LogP contribution in [0.15, 0.2) is 36.6 Å². The molecule has 2 aromatic rings. The van der Waals surface area contributed by atoms with Crippen molar-refractivity contribution >= 4 is 36.3 Å². The largest absolute Gasteiger partial charge is 0.478 e. The fourth-order valence-corrected chi connectivity index (χ4v) is 8.62. The molecule has 4 heterocycles. The third kappa shape index (κ3) is 16.3. The first-order chi connectivity index (χ1) is 31.5. The summed E-state index contributed by atoms with van der Waals surface area (Å²) in [5, 5.41) is 13.7.